The van der Waals surface area contributed by atoms with E-state index in [1.54, 1.807) is 0 Å². The predicted octanol–water partition coefficient (Wildman–Crippen LogP) is 1.99. The largest absolute Gasteiger partial charge is 0.381 e. The van der Waals surface area contributed by atoms with Gasteiger partial charge in [0, 0.05) is 20.2 Å². The molecule has 1 atom stereocenters. The summed E-state index contributed by atoms with van der Waals surface area (Å²) in [4.78, 5) is 6.79. The number of nitrogens with two attached hydrogens (primary N) is 1. The van der Waals surface area contributed by atoms with Gasteiger partial charge in [0.1, 0.15) is 0 Å². The minimum Gasteiger partial charge on any atom is -0.381 e. The topological polar surface area (TPSA) is 50.9 Å². The highest BCUT2D eigenvalue weighted by Crippen LogP contribution is 2.20. The maximum absolute atomic E-state index is 6.10. The van der Waals surface area contributed by atoms with E-state index in [0.29, 0.717) is 17.9 Å². The molecule has 0 amide bonds. The Bertz CT molecular complexity index is 268. The molecule has 1 aliphatic heterocycles. The van der Waals surface area contributed by atoms with Crippen molar-refractivity contribution >= 4 is 5.96 Å². The minimum atomic E-state index is 0.462. The van der Waals surface area contributed by atoms with Crippen LogP contribution in [-0.2, 0) is 4.74 Å². The smallest absolute Gasteiger partial charge is 0.191 e. The first-order chi connectivity index (χ1) is 8.75. The van der Waals surface area contributed by atoms with Gasteiger partial charge in [0.2, 0.25) is 0 Å². The molecule has 104 valence electrons. The summed E-state index contributed by atoms with van der Waals surface area (Å²) in [6, 6.07) is 0.462. The van der Waals surface area contributed by atoms with Crippen LogP contribution in [0.5, 0.6) is 0 Å². The fraction of sp³-hybridized carbons (Fsp3) is 0.929. The summed E-state index contributed by atoms with van der Waals surface area (Å²) in [5, 5.41) is 0. The third-order valence-corrected chi connectivity index (χ3v) is 4.07. The quantitative estimate of drug-likeness (QED) is 0.618. The van der Waals surface area contributed by atoms with E-state index in [2.05, 4.69) is 16.9 Å². The van der Waals surface area contributed by atoms with Crippen molar-refractivity contribution in [1.82, 2.24) is 4.90 Å². The Morgan fingerprint density at radius 3 is 2.67 bits per heavy atom. The highest BCUT2D eigenvalue weighted by atomic mass is 16.5. The number of guanidine groups is 1. The third-order valence-electron chi connectivity index (χ3n) is 4.07. The minimum absolute atomic E-state index is 0.462. The first-order valence-corrected chi connectivity index (χ1v) is 7.38. The highest BCUT2D eigenvalue weighted by molar-refractivity contribution is 5.78. The van der Waals surface area contributed by atoms with E-state index in [9.17, 15) is 0 Å². The van der Waals surface area contributed by atoms with E-state index in [1.165, 1.54) is 44.9 Å². The molecule has 4 heteroatoms. The van der Waals surface area contributed by atoms with Gasteiger partial charge in [0.25, 0.3) is 0 Å². The molecule has 0 spiro atoms. The monoisotopic (exact) mass is 253 g/mol. The van der Waals surface area contributed by atoms with Crippen LogP contribution in [0.25, 0.3) is 0 Å². The Labute approximate surface area is 111 Å². The molecule has 18 heavy (non-hydrogen) atoms. The average Bonchev–Trinajstić information content (AvgIpc) is 2.41. The molecule has 1 aliphatic carbocycles. The van der Waals surface area contributed by atoms with Gasteiger partial charge in [-0.15, -0.1) is 0 Å². The van der Waals surface area contributed by atoms with E-state index < -0.39 is 0 Å². The molecule has 0 aromatic rings. The lowest BCUT2D eigenvalue weighted by Gasteiger charge is -2.28. The van der Waals surface area contributed by atoms with Gasteiger partial charge in [-0.1, -0.05) is 19.3 Å². The van der Waals surface area contributed by atoms with Crippen molar-refractivity contribution in [3.8, 4) is 0 Å². The second-order valence-corrected chi connectivity index (χ2v) is 5.74. The first-order valence-electron chi connectivity index (χ1n) is 7.38. The molecule has 1 saturated heterocycles. The number of ether oxygens (including phenoxy) is 1. The lowest BCUT2D eigenvalue weighted by atomic mass is 9.96. The van der Waals surface area contributed by atoms with Gasteiger partial charge in [0.05, 0.1) is 12.6 Å². The van der Waals surface area contributed by atoms with E-state index in [1.807, 2.05) is 0 Å². The molecule has 1 heterocycles. The molecule has 0 bridgehead atoms. The van der Waals surface area contributed by atoms with Gasteiger partial charge in [-0.3, -0.25) is 0 Å². The van der Waals surface area contributed by atoms with Crippen LogP contribution in [0.15, 0.2) is 4.99 Å². The average molecular weight is 253 g/mol. The molecule has 1 saturated carbocycles. The molecule has 1 unspecified atom stereocenters. The summed E-state index contributed by atoms with van der Waals surface area (Å²) in [5.41, 5.74) is 6.10. The molecule has 0 aromatic heterocycles. The van der Waals surface area contributed by atoms with Crippen LogP contribution in [0, 0.1) is 5.92 Å². The van der Waals surface area contributed by atoms with Crippen LogP contribution in [0.3, 0.4) is 0 Å². The van der Waals surface area contributed by atoms with E-state index in [0.717, 1.165) is 19.8 Å². The molecule has 2 rings (SSSR count). The van der Waals surface area contributed by atoms with Crippen LogP contribution in [0.4, 0.5) is 0 Å². The Balaban J connectivity index is 1.78. The molecule has 2 N–H and O–H groups in total. The SMILES string of the molecule is CN(CC1CCCOC1)C(N)=NC1CCCCC1. The van der Waals surface area contributed by atoms with E-state index in [-0.39, 0.29) is 0 Å². The molecule has 4 nitrogen and oxygen atoms in total. The Hall–Kier alpha value is -0.770. The van der Waals surface area contributed by atoms with Crippen LogP contribution in [-0.4, -0.2) is 43.7 Å². The van der Waals surface area contributed by atoms with Crippen molar-refractivity contribution in [2.45, 2.75) is 51.0 Å². The van der Waals surface area contributed by atoms with Crippen molar-refractivity contribution in [1.29, 1.82) is 0 Å². The van der Waals surface area contributed by atoms with Crippen LogP contribution < -0.4 is 5.73 Å². The van der Waals surface area contributed by atoms with Crippen molar-refractivity contribution in [3.63, 3.8) is 0 Å². The zero-order chi connectivity index (χ0) is 12.8. The molecular weight excluding hydrogens is 226 g/mol. The fourth-order valence-corrected chi connectivity index (χ4v) is 2.93. The third kappa shape index (κ3) is 4.16. The number of nitrogens with zero attached hydrogens (tertiary/aromatic N) is 2. The lowest BCUT2D eigenvalue weighted by molar-refractivity contribution is 0.0484. The fourth-order valence-electron chi connectivity index (χ4n) is 2.93. The summed E-state index contributed by atoms with van der Waals surface area (Å²) >= 11 is 0. The van der Waals surface area contributed by atoms with Gasteiger partial charge in [-0.05, 0) is 31.6 Å². The zero-order valence-corrected chi connectivity index (χ0v) is 11.6. The summed E-state index contributed by atoms with van der Waals surface area (Å²) in [5.74, 6) is 1.33. The summed E-state index contributed by atoms with van der Waals surface area (Å²) in [6.45, 7) is 2.77. The van der Waals surface area contributed by atoms with Gasteiger partial charge in [-0.25, -0.2) is 4.99 Å². The van der Waals surface area contributed by atoms with Gasteiger partial charge >= 0.3 is 0 Å². The summed E-state index contributed by atoms with van der Waals surface area (Å²) in [6.07, 6.45) is 8.83. The number of aliphatic imine (C=N–C) groups is 1. The van der Waals surface area contributed by atoms with Crippen molar-refractivity contribution in [2.75, 3.05) is 26.8 Å². The molecular formula is C14H27N3O. The summed E-state index contributed by atoms with van der Waals surface area (Å²) < 4.78 is 5.51. The molecule has 0 radical (unpaired) electrons. The Morgan fingerprint density at radius 1 is 1.22 bits per heavy atom. The molecule has 2 aliphatic rings. The lowest BCUT2D eigenvalue weighted by Crippen LogP contribution is -2.40. The number of hydrogen-bond acceptors (Lipinski definition) is 2. The highest BCUT2D eigenvalue weighted by Gasteiger charge is 2.18. The Morgan fingerprint density at radius 2 is 2.00 bits per heavy atom. The number of hydrogen-bond donors (Lipinski definition) is 1. The zero-order valence-electron chi connectivity index (χ0n) is 11.6. The van der Waals surface area contributed by atoms with Crippen molar-refractivity contribution in [2.24, 2.45) is 16.6 Å². The van der Waals surface area contributed by atoms with Crippen molar-refractivity contribution < 1.29 is 4.74 Å². The van der Waals surface area contributed by atoms with Gasteiger partial charge < -0.3 is 15.4 Å². The molecule has 2 fully saturated rings. The number of rotatable bonds is 3. The van der Waals surface area contributed by atoms with E-state index >= 15 is 0 Å². The maximum Gasteiger partial charge on any atom is 0.191 e. The van der Waals surface area contributed by atoms with Crippen molar-refractivity contribution in [3.05, 3.63) is 0 Å². The van der Waals surface area contributed by atoms with Gasteiger partial charge in [0.15, 0.2) is 5.96 Å². The maximum atomic E-state index is 6.10. The Kier molecular flexibility index (Phi) is 5.29. The van der Waals surface area contributed by atoms with Gasteiger partial charge in [-0.2, -0.15) is 0 Å². The van der Waals surface area contributed by atoms with Crippen LogP contribution in [0.2, 0.25) is 0 Å². The van der Waals surface area contributed by atoms with E-state index in [4.69, 9.17) is 10.5 Å². The first kappa shape index (κ1) is 13.7. The van der Waals surface area contributed by atoms with Crippen LogP contribution in [0.1, 0.15) is 44.9 Å². The predicted molar refractivity (Wildman–Crippen MR) is 74.7 cm³/mol. The van der Waals surface area contributed by atoms with Crippen LogP contribution >= 0.6 is 0 Å². The standard InChI is InChI=1S/C14H27N3O/c1-17(10-12-6-5-9-18-11-12)14(15)16-13-7-3-2-4-8-13/h12-13H,2-11H2,1H3,(H2,15,16). The summed E-state index contributed by atoms with van der Waals surface area (Å²) in [7, 11) is 2.05. The second-order valence-electron chi connectivity index (χ2n) is 5.74. The normalized spacial score (nSPS) is 27.2. The second kappa shape index (κ2) is 6.98. The molecule has 0 aromatic carbocycles.